The predicted molar refractivity (Wildman–Crippen MR) is 74.1 cm³/mol. The number of fused-ring (bicyclic) bond motifs is 1. The lowest BCUT2D eigenvalue weighted by atomic mass is 10.00. The number of halogens is 1. The molecule has 0 saturated carbocycles. The van der Waals surface area contributed by atoms with Crippen molar-refractivity contribution in [2.24, 2.45) is 0 Å². The van der Waals surface area contributed by atoms with E-state index in [9.17, 15) is 9.50 Å². The first kappa shape index (κ1) is 12.2. The molecule has 2 aromatic carbocycles. The van der Waals surface area contributed by atoms with Crippen LogP contribution in [0.3, 0.4) is 0 Å². The summed E-state index contributed by atoms with van der Waals surface area (Å²) < 4.78 is 13.3. The van der Waals surface area contributed by atoms with Gasteiger partial charge in [-0.25, -0.2) is 4.39 Å². The zero-order valence-corrected chi connectivity index (χ0v) is 10.6. The Kier molecular flexibility index (Phi) is 3.22. The standard InChI is InChI=1S/C16H16FNO/c17-14-7-8-16(13(10-14)11-19)18-9-3-5-12-4-1-2-6-15(12)18/h1-2,4,6-8,10,19H,3,5,9,11H2. The summed E-state index contributed by atoms with van der Waals surface area (Å²) in [5, 5.41) is 9.43. The minimum absolute atomic E-state index is 0.147. The quantitative estimate of drug-likeness (QED) is 0.891. The fourth-order valence-electron chi connectivity index (χ4n) is 2.73. The molecule has 1 N–H and O–H groups in total. The molecule has 0 aromatic heterocycles. The molecule has 3 rings (SSSR count). The third-order valence-electron chi connectivity index (χ3n) is 3.61. The normalized spacial score (nSPS) is 14.3. The summed E-state index contributed by atoms with van der Waals surface area (Å²) in [6, 6.07) is 12.9. The third kappa shape index (κ3) is 2.22. The number of rotatable bonds is 2. The van der Waals surface area contributed by atoms with E-state index in [1.54, 1.807) is 6.07 Å². The van der Waals surface area contributed by atoms with Gasteiger partial charge in [-0.3, -0.25) is 0 Å². The summed E-state index contributed by atoms with van der Waals surface area (Å²) in [7, 11) is 0. The molecule has 1 heterocycles. The van der Waals surface area contributed by atoms with Crippen LogP contribution in [-0.2, 0) is 13.0 Å². The minimum Gasteiger partial charge on any atom is -0.392 e. The second-order valence-electron chi connectivity index (χ2n) is 4.82. The number of para-hydroxylation sites is 1. The molecular formula is C16H16FNO. The lowest BCUT2D eigenvalue weighted by Crippen LogP contribution is -2.25. The third-order valence-corrected chi connectivity index (χ3v) is 3.61. The van der Waals surface area contributed by atoms with Crippen LogP contribution in [-0.4, -0.2) is 11.7 Å². The fraction of sp³-hybridized carbons (Fsp3) is 0.250. The largest absolute Gasteiger partial charge is 0.392 e. The Hall–Kier alpha value is -1.87. The van der Waals surface area contributed by atoms with E-state index in [-0.39, 0.29) is 12.4 Å². The van der Waals surface area contributed by atoms with Crippen LogP contribution in [0.2, 0.25) is 0 Å². The average molecular weight is 257 g/mol. The maximum Gasteiger partial charge on any atom is 0.123 e. The molecule has 2 nitrogen and oxygen atoms in total. The second kappa shape index (κ2) is 5.02. The molecule has 19 heavy (non-hydrogen) atoms. The van der Waals surface area contributed by atoms with Crippen molar-refractivity contribution >= 4 is 11.4 Å². The van der Waals surface area contributed by atoms with Crippen LogP contribution in [0.1, 0.15) is 17.5 Å². The monoisotopic (exact) mass is 257 g/mol. The smallest absolute Gasteiger partial charge is 0.123 e. The van der Waals surface area contributed by atoms with Crippen molar-refractivity contribution in [2.75, 3.05) is 11.4 Å². The molecular weight excluding hydrogens is 241 g/mol. The number of hydrogen-bond donors (Lipinski definition) is 1. The van der Waals surface area contributed by atoms with E-state index >= 15 is 0 Å². The number of hydrogen-bond acceptors (Lipinski definition) is 2. The number of aryl methyl sites for hydroxylation is 1. The summed E-state index contributed by atoms with van der Waals surface area (Å²) >= 11 is 0. The van der Waals surface area contributed by atoms with Crippen LogP contribution in [0, 0.1) is 5.82 Å². The summed E-state index contributed by atoms with van der Waals surface area (Å²) in [5.41, 5.74) is 4.00. The molecule has 0 amide bonds. The second-order valence-corrected chi connectivity index (χ2v) is 4.82. The number of anilines is 2. The Bertz CT molecular complexity index is 597. The number of benzene rings is 2. The van der Waals surface area contributed by atoms with Gasteiger partial charge in [-0.15, -0.1) is 0 Å². The van der Waals surface area contributed by atoms with Gasteiger partial charge in [0.1, 0.15) is 5.82 Å². The van der Waals surface area contributed by atoms with Gasteiger partial charge in [0.2, 0.25) is 0 Å². The molecule has 0 spiro atoms. The zero-order chi connectivity index (χ0) is 13.2. The molecule has 1 aliphatic rings. The van der Waals surface area contributed by atoms with E-state index in [0.29, 0.717) is 5.56 Å². The van der Waals surface area contributed by atoms with Crippen molar-refractivity contribution in [2.45, 2.75) is 19.4 Å². The van der Waals surface area contributed by atoms with Crippen LogP contribution < -0.4 is 4.90 Å². The Morgan fingerprint density at radius 1 is 1.11 bits per heavy atom. The summed E-state index contributed by atoms with van der Waals surface area (Å²) in [6.07, 6.45) is 2.14. The van der Waals surface area contributed by atoms with Gasteiger partial charge in [0.25, 0.3) is 0 Å². The first-order chi connectivity index (χ1) is 9.29. The molecule has 0 fully saturated rings. The highest BCUT2D eigenvalue weighted by Gasteiger charge is 2.19. The van der Waals surface area contributed by atoms with Crippen molar-refractivity contribution in [3.8, 4) is 0 Å². The molecule has 1 aliphatic heterocycles. The highest BCUT2D eigenvalue weighted by molar-refractivity contribution is 5.70. The van der Waals surface area contributed by atoms with Crippen LogP contribution in [0.4, 0.5) is 15.8 Å². The van der Waals surface area contributed by atoms with Crippen molar-refractivity contribution in [1.82, 2.24) is 0 Å². The Morgan fingerprint density at radius 2 is 1.95 bits per heavy atom. The van der Waals surface area contributed by atoms with E-state index in [0.717, 1.165) is 30.8 Å². The topological polar surface area (TPSA) is 23.5 Å². The summed E-state index contributed by atoms with van der Waals surface area (Å²) in [6.45, 7) is 0.751. The minimum atomic E-state index is -0.307. The molecule has 0 saturated heterocycles. The van der Waals surface area contributed by atoms with Gasteiger partial charge in [0.15, 0.2) is 0 Å². The van der Waals surface area contributed by atoms with Crippen molar-refractivity contribution in [3.63, 3.8) is 0 Å². The van der Waals surface area contributed by atoms with E-state index in [2.05, 4.69) is 17.0 Å². The molecule has 0 bridgehead atoms. The molecule has 0 radical (unpaired) electrons. The van der Waals surface area contributed by atoms with Crippen molar-refractivity contribution in [3.05, 3.63) is 59.4 Å². The van der Waals surface area contributed by atoms with E-state index in [1.807, 2.05) is 12.1 Å². The van der Waals surface area contributed by atoms with Crippen molar-refractivity contribution in [1.29, 1.82) is 0 Å². The SMILES string of the molecule is OCc1cc(F)ccc1N1CCCc2ccccc21. The average Bonchev–Trinajstić information content (AvgIpc) is 2.46. The highest BCUT2D eigenvalue weighted by Crippen LogP contribution is 2.35. The Balaban J connectivity index is 2.09. The molecule has 98 valence electrons. The van der Waals surface area contributed by atoms with Crippen LogP contribution in [0.25, 0.3) is 0 Å². The molecule has 3 heteroatoms. The van der Waals surface area contributed by atoms with Crippen LogP contribution >= 0.6 is 0 Å². The van der Waals surface area contributed by atoms with Gasteiger partial charge >= 0.3 is 0 Å². The highest BCUT2D eigenvalue weighted by atomic mass is 19.1. The Labute approximate surface area is 112 Å². The molecule has 2 aromatic rings. The molecule has 0 aliphatic carbocycles. The summed E-state index contributed by atoms with van der Waals surface area (Å²) in [5.74, 6) is -0.307. The first-order valence-electron chi connectivity index (χ1n) is 6.54. The van der Waals surface area contributed by atoms with Gasteiger partial charge in [-0.2, -0.15) is 0 Å². The fourth-order valence-corrected chi connectivity index (χ4v) is 2.73. The van der Waals surface area contributed by atoms with E-state index in [4.69, 9.17) is 0 Å². The number of nitrogens with zero attached hydrogens (tertiary/aromatic N) is 1. The van der Waals surface area contributed by atoms with E-state index < -0.39 is 0 Å². The van der Waals surface area contributed by atoms with Crippen LogP contribution in [0.5, 0.6) is 0 Å². The molecule has 0 unspecified atom stereocenters. The van der Waals surface area contributed by atoms with Crippen LogP contribution in [0.15, 0.2) is 42.5 Å². The molecule has 0 atom stereocenters. The predicted octanol–water partition coefficient (Wildman–Crippen LogP) is 3.40. The Morgan fingerprint density at radius 3 is 2.79 bits per heavy atom. The van der Waals surface area contributed by atoms with Gasteiger partial charge in [0, 0.05) is 23.5 Å². The zero-order valence-electron chi connectivity index (χ0n) is 10.6. The number of aliphatic hydroxyl groups is 1. The maximum absolute atomic E-state index is 13.3. The van der Waals surface area contributed by atoms with Gasteiger partial charge in [-0.1, -0.05) is 18.2 Å². The van der Waals surface area contributed by atoms with Gasteiger partial charge < -0.3 is 10.0 Å². The lowest BCUT2D eigenvalue weighted by Gasteiger charge is -2.32. The lowest BCUT2D eigenvalue weighted by molar-refractivity contribution is 0.281. The number of aliphatic hydroxyl groups excluding tert-OH is 1. The van der Waals surface area contributed by atoms with E-state index in [1.165, 1.54) is 17.7 Å². The van der Waals surface area contributed by atoms with Gasteiger partial charge in [-0.05, 0) is 42.7 Å². The maximum atomic E-state index is 13.3. The first-order valence-corrected chi connectivity index (χ1v) is 6.54. The van der Waals surface area contributed by atoms with Crippen molar-refractivity contribution < 1.29 is 9.50 Å². The van der Waals surface area contributed by atoms with Gasteiger partial charge in [0.05, 0.1) is 6.61 Å². The summed E-state index contributed by atoms with van der Waals surface area (Å²) in [4.78, 5) is 2.17.